The Labute approximate surface area is 138 Å². The van der Waals surface area contributed by atoms with Gasteiger partial charge in [-0.2, -0.15) is 0 Å². The van der Waals surface area contributed by atoms with Crippen molar-refractivity contribution in [3.63, 3.8) is 0 Å². The van der Waals surface area contributed by atoms with Crippen molar-refractivity contribution < 1.29 is 14.7 Å². The fourth-order valence-electron chi connectivity index (χ4n) is 3.05. The number of hydrogen-bond donors (Lipinski definition) is 1. The van der Waals surface area contributed by atoms with Crippen molar-refractivity contribution >= 4 is 23.3 Å². The Morgan fingerprint density at radius 1 is 1.00 bits per heavy atom. The molecule has 0 unspecified atom stereocenters. The van der Waals surface area contributed by atoms with Crippen molar-refractivity contribution in [2.45, 2.75) is 18.9 Å². The minimum absolute atomic E-state index is 0.148. The second kappa shape index (κ2) is 5.59. The number of carbonyl (C=O) groups excluding carboxylic acids is 1. The summed E-state index contributed by atoms with van der Waals surface area (Å²) >= 11 is 0. The fourth-order valence-corrected chi connectivity index (χ4v) is 3.05. The molecule has 1 aliphatic heterocycles. The third kappa shape index (κ3) is 2.47. The maximum absolute atomic E-state index is 12.8. The molecule has 4 rings (SSSR count). The number of anilines is 2. The lowest BCUT2D eigenvalue weighted by Crippen LogP contribution is -2.45. The molecule has 7 heteroatoms. The number of benzene rings is 1. The molecule has 7 nitrogen and oxygen atoms in total. The summed E-state index contributed by atoms with van der Waals surface area (Å²) < 4.78 is 0. The number of fused-ring (bicyclic) bond motifs is 1. The number of rotatable bonds is 3. The van der Waals surface area contributed by atoms with Crippen molar-refractivity contribution in [1.29, 1.82) is 0 Å². The standard InChI is InChI=1S/C17H16N4O3/c22-16(12-9-19-13(10-18-12)17(23)24)21-8-7-20(11-5-6-11)14-3-1-2-4-15(14)21/h1-4,9-11H,5-8H2,(H,23,24). The molecule has 1 aromatic heterocycles. The van der Waals surface area contributed by atoms with E-state index in [2.05, 4.69) is 14.9 Å². The summed E-state index contributed by atoms with van der Waals surface area (Å²) in [6.07, 6.45) is 4.73. The van der Waals surface area contributed by atoms with E-state index >= 15 is 0 Å². The highest BCUT2D eigenvalue weighted by molar-refractivity contribution is 6.07. The Bertz CT molecular complexity index is 802. The molecule has 2 aromatic rings. The molecule has 0 saturated heterocycles. The van der Waals surface area contributed by atoms with Crippen molar-refractivity contribution in [2.24, 2.45) is 0 Å². The van der Waals surface area contributed by atoms with Gasteiger partial charge in [0.2, 0.25) is 0 Å². The van der Waals surface area contributed by atoms with Gasteiger partial charge in [0.25, 0.3) is 5.91 Å². The lowest BCUT2D eigenvalue weighted by molar-refractivity contribution is 0.0689. The summed E-state index contributed by atoms with van der Waals surface area (Å²) in [6.45, 7) is 1.36. The zero-order valence-electron chi connectivity index (χ0n) is 12.9. The molecular weight excluding hydrogens is 308 g/mol. The summed E-state index contributed by atoms with van der Waals surface area (Å²) in [5.41, 5.74) is 1.90. The Hall–Kier alpha value is -2.96. The van der Waals surface area contributed by atoms with Gasteiger partial charge in [-0.05, 0) is 25.0 Å². The maximum atomic E-state index is 12.8. The first kappa shape index (κ1) is 14.6. The minimum Gasteiger partial charge on any atom is -0.476 e. The van der Waals surface area contributed by atoms with Crippen molar-refractivity contribution in [3.05, 3.63) is 48.0 Å². The molecule has 2 heterocycles. The number of para-hydroxylation sites is 2. The first-order chi connectivity index (χ1) is 11.6. The molecule has 1 aromatic carbocycles. The SMILES string of the molecule is O=C(O)c1cnc(C(=O)N2CCN(C3CC3)c3ccccc32)cn1. The summed E-state index contributed by atoms with van der Waals surface area (Å²) in [5.74, 6) is -1.42. The van der Waals surface area contributed by atoms with Gasteiger partial charge < -0.3 is 14.9 Å². The van der Waals surface area contributed by atoms with Gasteiger partial charge in [-0.25, -0.2) is 14.8 Å². The van der Waals surface area contributed by atoms with Gasteiger partial charge >= 0.3 is 5.97 Å². The lowest BCUT2D eigenvalue weighted by Gasteiger charge is -2.37. The van der Waals surface area contributed by atoms with E-state index in [9.17, 15) is 9.59 Å². The second-order valence-electron chi connectivity index (χ2n) is 5.96. The molecule has 1 N–H and O–H groups in total. The molecule has 122 valence electrons. The number of carboxylic acid groups (broad SMARTS) is 1. The van der Waals surface area contributed by atoms with Crippen molar-refractivity contribution in [2.75, 3.05) is 22.9 Å². The fraction of sp³-hybridized carbons (Fsp3) is 0.294. The van der Waals surface area contributed by atoms with E-state index in [-0.39, 0.29) is 17.3 Å². The van der Waals surface area contributed by atoms with Gasteiger partial charge in [0.05, 0.1) is 23.8 Å². The van der Waals surface area contributed by atoms with E-state index < -0.39 is 5.97 Å². The summed E-state index contributed by atoms with van der Waals surface area (Å²) in [7, 11) is 0. The van der Waals surface area contributed by atoms with Gasteiger partial charge in [-0.1, -0.05) is 12.1 Å². The zero-order chi connectivity index (χ0) is 16.7. The highest BCUT2D eigenvalue weighted by Crippen LogP contribution is 2.40. The van der Waals surface area contributed by atoms with E-state index in [0.717, 1.165) is 24.1 Å². The summed E-state index contributed by atoms with van der Waals surface area (Å²) in [6, 6.07) is 8.43. The topological polar surface area (TPSA) is 86.6 Å². The average molecular weight is 324 g/mol. The van der Waals surface area contributed by atoms with E-state index in [4.69, 9.17) is 5.11 Å². The maximum Gasteiger partial charge on any atom is 0.356 e. The van der Waals surface area contributed by atoms with Gasteiger partial charge in [0.1, 0.15) is 5.69 Å². The summed E-state index contributed by atoms with van der Waals surface area (Å²) in [5, 5.41) is 8.88. The van der Waals surface area contributed by atoms with Crippen LogP contribution >= 0.6 is 0 Å². The number of amides is 1. The minimum atomic E-state index is -1.16. The number of carbonyl (C=O) groups is 2. The Morgan fingerprint density at radius 3 is 2.29 bits per heavy atom. The molecule has 0 atom stereocenters. The van der Waals surface area contributed by atoms with Crippen molar-refractivity contribution in [3.8, 4) is 0 Å². The molecule has 1 fully saturated rings. The quantitative estimate of drug-likeness (QED) is 0.926. The highest BCUT2D eigenvalue weighted by Gasteiger charge is 2.35. The second-order valence-corrected chi connectivity index (χ2v) is 5.96. The largest absolute Gasteiger partial charge is 0.476 e. The Morgan fingerprint density at radius 2 is 1.67 bits per heavy atom. The molecular formula is C17H16N4O3. The van der Waals surface area contributed by atoms with Crippen LogP contribution in [0.1, 0.15) is 33.8 Å². The molecule has 1 amide bonds. The Balaban J connectivity index is 1.64. The molecule has 0 radical (unpaired) electrons. The molecule has 1 saturated carbocycles. The normalized spacial score (nSPS) is 16.7. The third-order valence-corrected chi connectivity index (χ3v) is 4.37. The van der Waals surface area contributed by atoms with Crippen LogP contribution in [-0.2, 0) is 0 Å². The van der Waals surface area contributed by atoms with Gasteiger partial charge in [0, 0.05) is 19.1 Å². The van der Waals surface area contributed by atoms with E-state index in [1.54, 1.807) is 4.90 Å². The van der Waals surface area contributed by atoms with Crippen LogP contribution in [0.15, 0.2) is 36.7 Å². The molecule has 24 heavy (non-hydrogen) atoms. The van der Waals surface area contributed by atoms with Crippen LogP contribution in [0.2, 0.25) is 0 Å². The summed E-state index contributed by atoms with van der Waals surface area (Å²) in [4.78, 5) is 35.4. The highest BCUT2D eigenvalue weighted by atomic mass is 16.4. The number of hydrogen-bond acceptors (Lipinski definition) is 5. The van der Waals surface area contributed by atoms with Crippen LogP contribution in [0, 0.1) is 0 Å². The molecule has 1 aliphatic carbocycles. The predicted molar refractivity (Wildman–Crippen MR) is 87.5 cm³/mol. The first-order valence-corrected chi connectivity index (χ1v) is 7.88. The van der Waals surface area contributed by atoms with Gasteiger partial charge in [0.15, 0.2) is 5.69 Å². The van der Waals surface area contributed by atoms with Gasteiger partial charge in [-0.15, -0.1) is 0 Å². The molecule has 2 aliphatic rings. The number of aromatic carboxylic acids is 1. The average Bonchev–Trinajstić information content (AvgIpc) is 3.45. The zero-order valence-corrected chi connectivity index (χ0v) is 12.9. The van der Waals surface area contributed by atoms with E-state index in [1.807, 2.05) is 24.3 Å². The van der Waals surface area contributed by atoms with Gasteiger partial charge in [-0.3, -0.25) is 4.79 Å². The van der Waals surface area contributed by atoms with Crippen LogP contribution in [0.4, 0.5) is 11.4 Å². The van der Waals surface area contributed by atoms with Crippen LogP contribution in [-0.4, -0.2) is 46.1 Å². The van der Waals surface area contributed by atoms with E-state index in [0.29, 0.717) is 12.6 Å². The van der Waals surface area contributed by atoms with Crippen LogP contribution in [0.5, 0.6) is 0 Å². The number of carboxylic acids is 1. The lowest BCUT2D eigenvalue weighted by atomic mass is 10.1. The third-order valence-electron chi connectivity index (χ3n) is 4.37. The van der Waals surface area contributed by atoms with Crippen molar-refractivity contribution in [1.82, 2.24) is 9.97 Å². The smallest absolute Gasteiger partial charge is 0.356 e. The first-order valence-electron chi connectivity index (χ1n) is 7.88. The van der Waals surface area contributed by atoms with E-state index in [1.165, 1.54) is 19.0 Å². The van der Waals surface area contributed by atoms with Crippen LogP contribution in [0.3, 0.4) is 0 Å². The molecule has 0 bridgehead atoms. The van der Waals surface area contributed by atoms with Crippen LogP contribution < -0.4 is 9.80 Å². The predicted octanol–water partition coefficient (Wildman–Crippen LogP) is 1.80. The van der Waals surface area contributed by atoms with Crippen LogP contribution in [0.25, 0.3) is 0 Å². The Kier molecular flexibility index (Phi) is 3.41. The molecule has 0 spiro atoms. The number of nitrogens with zero attached hydrogens (tertiary/aromatic N) is 4. The monoisotopic (exact) mass is 324 g/mol. The number of aromatic nitrogens is 2.